The maximum absolute atomic E-state index is 10.6. The van der Waals surface area contributed by atoms with Crippen molar-refractivity contribution in [2.45, 2.75) is 5.33 Å². The number of alkyl halides is 1. The van der Waals surface area contributed by atoms with Gasteiger partial charge in [-0.1, -0.05) is 31.9 Å². The molecule has 0 fully saturated rings. The molecule has 3 nitrogen and oxygen atoms in total. The number of aromatic carboxylic acids is 1. The van der Waals surface area contributed by atoms with E-state index in [1.54, 1.807) is 6.07 Å². The highest BCUT2D eigenvalue weighted by molar-refractivity contribution is 9.10. The second kappa shape index (κ2) is 4.00. The molecule has 0 atom stereocenters. The van der Waals surface area contributed by atoms with Crippen molar-refractivity contribution in [3.05, 3.63) is 28.0 Å². The Labute approximate surface area is 86.1 Å². The van der Waals surface area contributed by atoms with Crippen LogP contribution in [0.25, 0.3) is 0 Å². The summed E-state index contributed by atoms with van der Waals surface area (Å²) in [5.41, 5.74) is 0.742. The van der Waals surface area contributed by atoms with Crippen LogP contribution in [0, 0.1) is 0 Å². The Hall–Kier alpha value is -0.420. The maximum atomic E-state index is 10.6. The summed E-state index contributed by atoms with van der Waals surface area (Å²) in [6.45, 7) is 0. The number of nitrogens with zero attached hydrogens (tertiary/aromatic N) is 1. The molecule has 64 valence electrons. The minimum absolute atomic E-state index is 0.0845. The standard InChI is InChI=1S/C7H5Br2NO2/c8-3-4-5(9)1-2-10-6(4)7(11)12/h1-2H,3H2,(H,11,12). The third-order valence-electron chi connectivity index (χ3n) is 1.33. The van der Waals surface area contributed by atoms with Crippen LogP contribution in [-0.2, 0) is 5.33 Å². The zero-order chi connectivity index (χ0) is 9.14. The minimum atomic E-state index is -1.01. The summed E-state index contributed by atoms with van der Waals surface area (Å²) in [6.07, 6.45) is 1.46. The molecule has 0 amide bonds. The van der Waals surface area contributed by atoms with Gasteiger partial charge >= 0.3 is 5.97 Å². The molecule has 0 radical (unpaired) electrons. The number of carboxylic acid groups (broad SMARTS) is 1. The van der Waals surface area contributed by atoms with Crippen LogP contribution >= 0.6 is 31.9 Å². The molecule has 0 saturated carbocycles. The van der Waals surface area contributed by atoms with E-state index >= 15 is 0 Å². The molecule has 1 aromatic rings. The first-order valence-corrected chi connectivity index (χ1v) is 5.01. The predicted octanol–water partition coefficient (Wildman–Crippen LogP) is 2.44. The molecule has 0 aliphatic heterocycles. The molecule has 12 heavy (non-hydrogen) atoms. The summed E-state index contributed by atoms with van der Waals surface area (Å²) in [5.74, 6) is -1.01. The molecular weight excluding hydrogens is 290 g/mol. The largest absolute Gasteiger partial charge is 0.477 e. The normalized spacial score (nSPS) is 9.83. The Morgan fingerprint density at radius 1 is 1.67 bits per heavy atom. The molecule has 0 bridgehead atoms. The van der Waals surface area contributed by atoms with Crippen molar-refractivity contribution in [1.29, 1.82) is 0 Å². The number of pyridine rings is 1. The molecule has 0 saturated heterocycles. The summed E-state index contributed by atoms with van der Waals surface area (Å²) in [6, 6.07) is 1.71. The summed E-state index contributed by atoms with van der Waals surface area (Å²) in [7, 11) is 0. The average Bonchev–Trinajstić information content (AvgIpc) is 2.03. The second-order valence-corrected chi connectivity index (χ2v) is 3.47. The highest BCUT2D eigenvalue weighted by Crippen LogP contribution is 2.21. The van der Waals surface area contributed by atoms with Crippen LogP contribution in [0.1, 0.15) is 16.1 Å². The highest BCUT2D eigenvalue weighted by Gasteiger charge is 2.12. The molecule has 0 aromatic carbocycles. The van der Waals surface area contributed by atoms with Crippen LogP contribution in [0.5, 0.6) is 0 Å². The first-order chi connectivity index (χ1) is 5.66. The Balaban J connectivity index is 3.27. The Morgan fingerprint density at radius 3 is 2.75 bits per heavy atom. The first-order valence-electron chi connectivity index (χ1n) is 3.09. The summed E-state index contributed by atoms with van der Waals surface area (Å²) >= 11 is 6.44. The summed E-state index contributed by atoms with van der Waals surface area (Å²) < 4.78 is 0.756. The van der Waals surface area contributed by atoms with E-state index in [1.165, 1.54) is 6.20 Å². The van der Waals surface area contributed by atoms with Gasteiger partial charge in [-0.3, -0.25) is 0 Å². The second-order valence-electron chi connectivity index (χ2n) is 2.06. The van der Waals surface area contributed by atoms with E-state index in [2.05, 4.69) is 36.8 Å². The molecule has 5 heteroatoms. The SMILES string of the molecule is O=C(O)c1nccc(Br)c1CBr. The van der Waals surface area contributed by atoms with Crippen LogP contribution in [0.2, 0.25) is 0 Å². The molecule has 0 unspecified atom stereocenters. The van der Waals surface area contributed by atoms with Crippen LogP contribution in [-0.4, -0.2) is 16.1 Å². The van der Waals surface area contributed by atoms with Gasteiger partial charge in [0.05, 0.1) is 0 Å². The fraction of sp³-hybridized carbons (Fsp3) is 0.143. The van der Waals surface area contributed by atoms with E-state index in [4.69, 9.17) is 5.11 Å². The smallest absolute Gasteiger partial charge is 0.354 e. The predicted molar refractivity (Wildman–Crippen MR) is 51.5 cm³/mol. The van der Waals surface area contributed by atoms with E-state index in [9.17, 15) is 4.79 Å². The van der Waals surface area contributed by atoms with Crippen LogP contribution in [0.15, 0.2) is 16.7 Å². The summed E-state index contributed by atoms with van der Waals surface area (Å²) in [4.78, 5) is 14.4. The van der Waals surface area contributed by atoms with Crippen molar-refractivity contribution >= 4 is 37.8 Å². The number of carbonyl (C=O) groups is 1. The number of rotatable bonds is 2. The topological polar surface area (TPSA) is 50.2 Å². The Kier molecular flexibility index (Phi) is 3.22. The molecule has 0 aliphatic rings. The van der Waals surface area contributed by atoms with Crippen molar-refractivity contribution < 1.29 is 9.90 Å². The van der Waals surface area contributed by atoms with Crippen molar-refractivity contribution in [1.82, 2.24) is 4.98 Å². The molecule has 1 aromatic heterocycles. The third-order valence-corrected chi connectivity index (χ3v) is 2.64. The Bertz CT molecular complexity index is 314. The van der Waals surface area contributed by atoms with Crippen molar-refractivity contribution in [3.63, 3.8) is 0 Å². The van der Waals surface area contributed by atoms with Gasteiger partial charge < -0.3 is 5.11 Å². The average molecular weight is 295 g/mol. The van der Waals surface area contributed by atoms with E-state index < -0.39 is 5.97 Å². The fourth-order valence-electron chi connectivity index (χ4n) is 0.780. The van der Waals surface area contributed by atoms with Gasteiger partial charge in [0.25, 0.3) is 0 Å². The number of carboxylic acids is 1. The molecular formula is C7H5Br2NO2. The van der Waals surface area contributed by atoms with Gasteiger partial charge in [0.15, 0.2) is 5.69 Å². The van der Waals surface area contributed by atoms with Crippen molar-refractivity contribution in [2.75, 3.05) is 0 Å². The lowest BCUT2D eigenvalue weighted by Crippen LogP contribution is -2.04. The van der Waals surface area contributed by atoms with Gasteiger partial charge in [0, 0.05) is 21.6 Å². The molecule has 0 aliphatic carbocycles. The minimum Gasteiger partial charge on any atom is -0.477 e. The maximum Gasteiger partial charge on any atom is 0.354 e. The first kappa shape index (κ1) is 9.67. The van der Waals surface area contributed by atoms with E-state index in [-0.39, 0.29) is 5.69 Å². The highest BCUT2D eigenvalue weighted by atomic mass is 79.9. The van der Waals surface area contributed by atoms with Gasteiger partial charge in [-0.05, 0) is 6.07 Å². The van der Waals surface area contributed by atoms with Crippen LogP contribution in [0.3, 0.4) is 0 Å². The monoisotopic (exact) mass is 293 g/mol. The lowest BCUT2D eigenvalue weighted by atomic mass is 10.2. The van der Waals surface area contributed by atoms with Gasteiger partial charge in [-0.2, -0.15) is 0 Å². The quantitative estimate of drug-likeness (QED) is 0.853. The zero-order valence-corrected chi connectivity index (χ0v) is 9.09. The lowest BCUT2D eigenvalue weighted by molar-refractivity contribution is 0.0689. The Morgan fingerprint density at radius 2 is 2.33 bits per heavy atom. The van der Waals surface area contributed by atoms with Crippen LogP contribution < -0.4 is 0 Å². The number of halogens is 2. The van der Waals surface area contributed by atoms with Crippen LogP contribution in [0.4, 0.5) is 0 Å². The van der Waals surface area contributed by atoms with E-state index in [0.29, 0.717) is 10.9 Å². The number of hydrogen-bond acceptors (Lipinski definition) is 2. The van der Waals surface area contributed by atoms with Crippen molar-refractivity contribution in [3.8, 4) is 0 Å². The van der Waals surface area contributed by atoms with E-state index in [1.807, 2.05) is 0 Å². The number of aromatic nitrogens is 1. The van der Waals surface area contributed by atoms with Crippen molar-refractivity contribution in [2.24, 2.45) is 0 Å². The fourth-order valence-corrected chi connectivity index (χ4v) is 2.17. The molecule has 1 N–H and O–H groups in total. The van der Waals surface area contributed by atoms with E-state index in [0.717, 1.165) is 4.47 Å². The van der Waals surface area contributed by atoms with Gasteiger partial charge in [0.2, 0.25) is 0 Å². The third kappa shape index (κ3) is 1.84. The molecule has 1 rings (SSSR count). The lowest BCUT2D eigenvalue weighted by Gasteiger charge is -2.02. The van der Waals surface area contributed by atoms with Gasteiger partial charge in [-0.15, -0.1) is 0 Å². The number of hydrogen-bond donors (Lipinski definition) is 1. The molecule has 1 heterocycles. The summed E-state index contributed by atoms with van der Waals surface area (Å²) in [5, 5.41) is 9.19. The zero-order valence-electron chi connectivity index (χ0n) is 5.92. The van der Waals surface area contributed by atoms with Gasteiger partial charge in [0.1, 0.15) is 0 Å². The van der Waals surface area contributed by atoms with Gasteiger partial charge in [-0.25, -0.2) is 9.78 Å². The molecule has 0 spiro atoms.